The van der Waals surface area contributed by atoms with E-state index in [-0.39, 0.29) is 0 Å². The molecule has 2 unspecified atom stereocenters. The van der Waals surface area contributed by atoms with Gasteiger partial charge in [-0.25, -0.2) is 3.53 Å². The van der Waals surface area contributed by atoms with Gasteiger partial charge in [0, 0.05) is 22.9 Å². The summed E-state index contributed by atoms with van der Waals surface area (Å²) in [4.78, 5) is 0. The third kappa shape index (κ3) is 2.72. The summed E-state index contributed by atoms with van der Waals surface area (Å²) in [6.45, 7) is 2.25. The van der Waals surface area contributed by atoms with Crippen molar-refractivity contribution in [1.29, 1.82) is 0 Å². The topological polar surface area (TPSA) is 32.3 Å². The van der Waals surface area contributed by atoms with E-state index in [1.54, 1.807) is 0 Å². The van der Waals surface area contributed by atoms with E-state index in [4.69, 9.17) is 0 Å². The Morgan fingerprint density at radius 1 is 1.82 bits per heavy atom. The first-order valence-corrected chi connectivity index (χ1v) is 5.05. The maximum atomic E-state index is 9.38. The smallest absolute Gasteiger partial charge is 0.135 e. The minimum Gasteiger partial charge on any atom is -0.374 e. The van der Waals surface area contributed by atoms with Gasteiger partial charge < -0.3 is 5.11 Å². The van der Waals surface area contributed by atoms with Crippen molar-refractivity contribution in [3.63, 3.8) is 0 Å². The predicted molar refractivity (Wildman–Crippen MR) is 54.3 cm³/mol. The number of halogens is 1. The highest BCUT2D eigenvalue weighted by Gasteiger charge is 2.14. The van der Waals surface area contributed by atoms with Crippen molar-refractivity contribution < 1.29 is 5.11 Å². The predicted octanol–water partition coefficient (Wildman–Crippen LogP) is 1.99. The van der Waals surface area contributed by atoms with E-state index >= 15 is 0 Å². The van der Waals surface area contributed by atoms with Gasteiger partial charge in [0.05, 0.1) is 0 Å². The molecule has 0 heterocycles. The normalized spacial score (nSPS) is 27.9. The Bertz CT molecular complexity index is 158. The van der Waals surface area contributed by atoms with Crippen LogP contribution in [-0.4, -0.2) is 11.3 Å². The molecule has 0 aliphatic heterocycles. The van der Waals surface area contributed by atoms with Crippen LogP contribution in [0.3, 0.4) is 0 Å². The van der Waals surface area contributed by atoms with Crippen molar-refractivity contribution in [3.8, 4) is 0 Å². The first-order chi connectivity index (χ1) is 5.24. The van der Waals surface area contributed by atoms with Crippen LogP contribution in [0.2, 0.25) is 0 Å². The van der Waals surface area contributed by atoms with E-state index in [0.717, 1.165) is 24.3 Å². The maximum Gasteiger partial charge on any atom is 0.135 e. The Kier molecular flexibility index (Phi) is 3.81. The molecule has 0 spiro atoms. The molecule has 0 fully saturated rings. The van der Waals surface area contributed by atoms with Crippen molar-refractivity contribution in [3.05, 3.63) is 11.6 Å². The van der Waals surface area contributed by atoms with Crippen molar-refractivity contribution in [1.82, 2.24) is 3.53 Å². The van der Waals surface area contributed by atoms with Gasteiger partial charge in [-0.2, -0.15) is 0 Å². The van der Waals surface area contributed by atoms with Crippen LogP contribution in [0.5, 0.6) is 0 Å². The zero-order chi connectivity index (χ0) is 8.27. The van der Waals surface area contributed by atoms with Gasteiger partial charge in [-0.15, -0.1) is 0 Å². The van der Waals surface area contributed by atoms with Crippen LogP contribution >= 0.6 is 22.9 Å². The molecule has 11 heavy (non-hydrogen) atoms. The van der Waals surface area contributed by atoms with Gasteiger partial charge >= 0.3 is 0 Å². The zero-order valence-electron chi connectivity index (χ0n) is 6.68. The molecule has 0 aromatic carbocycles. The lowest BCUT2D eigenvalue weighted by molar-refractivity contribution is 0.199. The standard InChI is InChI=1S/C8H14INO/c1-6-2-4-7(5-3-6)8(11)10-9/h4,6,8,10-11H,2-3,5H2,1H3. The molecular formula is C8H14INO. The largest absolute Gasteiger partial charge is 0.374 e. The molecule has 1 aliphatic rings. The van der Waals surface area contributed by atoms with Gasteiger partial charge in [0.2, 0.25) is 0 Å². The van der Waals surface area contributed by atoms with Crippen molar-refractivity contribution in [2.75, 3.05) is 0 Å². The molecule has 0 amide bonds. The summed E-state index contributed by atoms with van der Waals surface area (Å²) < 4.78 is 2.81. The Balaban J connectivity index is 2.47. The lowest BCUT2D eigenvalue weighted by atomic mass is 9.90. The third-order valence-electron chi connectivity index (χ3n) is 2.16. The summed E-state index contributed by atoms with van der Waals surface area (Å²) >= 11 is 1.98. The van der Waals surface area contributed by atoms with E-state index < -0.39 is 6.23 Å². The summed E-state index contributed by atoms with van der Waals surface area (Å²) in [5.74, 6) is 0.792. The highest BCUT2D eigenvalue weighted by molar-refractivity contribution is 14.1. The average molecular weight is 267 g/mol. The van der Waals surface area contributed by atoms with Crippen LogP contribution in [0.4, 0.5) is 0 Å². The molecule has 0 saturated heterocycles. The second kappa shape index (κ2) is 4.42. The summed E-state index contributed by atoms with van der Waals surface area (Å²) in [5.41, 5.74) is 1.15. The summed E-state index contributed by atoms with van der Waals surface area (Å²) in [7, 11) is 0. The fourth-order valence-electron chi connectivity index (χ4n) is 1.30. The van der Waals surface area contributed by atoms with Gasteiger partial charge in [-0.1, -0.05) is 13.0 Å². The number of aliphatic hydroxyl groups excluding tert-OH is 1. The number of aliphatic hydroxyl groups is 1. The van der Waals surface area contributed by atoms with E-state index in [9.17, 15) is 5.11 Å². The second-order valence-electron chi connectivity index (χ2n) is 3.17. The van der Waals surface area contributed by atoms with Crippen molar-refractivity contribution in [2.24, 2.45) is 5.92 Å². The van der Waals surface area contributed by atoms with E-state index in [1.807, 2.05) is 22.9 Å². The number of nitrogens with one attached hydrogen (secondary N) is 1. The second-order valence-corrected chi connectivity index (χ2v) is 3.79. The molecule has 0 aromatic rings. The molecule has 2 atom stereocenters. The van der Waals surface area contributed by atoms with Crippen LogP contribution in [-0.2, 0) is 0 Å². The van der Waals surface area contributed by atoms with E-state index in [2.05, 4.69) is 16.5 Å². The monoisotopic (exact) mass is 267 g/mol. The highest BCUT2D eigenvalue weighted by Crippen LogP contribution is 2.24. The Morgan fingerprint density at radius 2 is 2.55 bits per heavy atom. The zero-order valence-corrected chi connectivity index (χ0v) is 8.84. The maximum absolute atomic E-state index is 9.38. The Morgan fingerprint density at radius 3 is 3.00 bits per heavy atom. The lowest BCUT2D eigenvalue weighted by Gasteiger charge is -2.20. The first-order valence-electron chi connectivity index (χ1n) is 3.97. The third-order valence-corrected chi connectivity index (χ3v) is 2.75. The highest BCUT2D eigenvalue weighted by atomic mass is 127. The van der Waals surface area contributed by atoms with Gasteiger partial charge in [-0.3, -0.25) is 0 Å². The molecule has 1 rings (SSSR count). The van der Waals surface area contributed by atoms with Crippen molar-refractivity contribution >= 4 is 22.9 Å². The fourth-order valence-corrected chi connectivity index (χ4v) is 1.70. The van der Waals surface area contributed by atoms with E-state index in [1.165, 1.54) is 6.42 Å². The SMILES string of the molecule is CC1CC=C(C(O)NI)CC1. The van der Waals surface area contributed by atoms with Crippen LogP contribution in [0.1, 0.15) is 26.2 Å². The molecule has 0 saturated carbocycles. The number of hydrogen-bond acceptors (Lipinski definition) is 2. The molecule has 2 N–H and O–H groups in total. The Hall–Kier alpha value is 0.390. The van der Waals surface area contributed by atoms with Gasteiger partial charge in [0.15, 0.2) is 0 Å². The van der Waals surface area contributed by atoms with Crippen LogP contribution in [0.25, 0.3) is 0 Å². The lowest BCUT2D eigenvalue weighted by Crippen LogP contribution is -2.23. The summed E-state index contributed by atoms with van der Waals surface area (Å²) in [5, 5.41) is 9.38. The molecule has 2 nitrogen and oxygen atoms in total. The Labute approximate surface area is 81.6 Å². The van der Waals surface area contributed by atoms with Crippen LogP contribution in [0, 0.1) is 5.92 Å². The van der Waals surface area contributed by atoms with Crippen molar-refractivity contribution in [2.45, 2.75) is 32.4 Å². The van der Waals surface area contributed by atoms with Gasteiger partial charge in [0.25, 0.3) is 0 Å². The summed E-state index contributed by atoms with van der Waals surface area (Å²) in [6, 6.07) is 0. The molecule has 64 valence electrons. The molecule has 0 bridgehead atoms. The van der Waals surface area contributed by atoms with Crippen LogP contribution < -0.4 is 3.53 Å². The number of hydrogen-bond donors (Lipinski definition) is 2. The minimum absolute atomic E-state index is 0.428. The molecule has 0 aromatic heterocycles. The van der Waals surface area contributed by atoms with Crippen LogP contribution in [0.15, 0.2) is 11.6 Å². The quantitative estimate of drug-likeness (QED) is 0.347. The summed E-state index contributed by atoms with van der Waals surface area (Å²) in [6.07, 6.45) is 5.09. The molecule has 0 radical (unpaired) electrons. The van der Waals surface area contributed by atoms with Gasteiger partial charge in [-0.05, 0) is 30.8 Å². The average Bonchev–Trinajstić information content (AvgIpc) is 2.05. The fraction of sp³-hybridized carbons (Fsp3) is 0.750. The molecule has 3 heteroatoms. The number of allylic oxidation sites excluding steroid dienone is 1. The van der Waals surface area contributed by atoms with E-state index in [0.29, 0.717) is 0 Å². The first kappa shape index (κ1) is 9.48. The molecule has 1 aliphatic carbocycles. The van der Waals surface area contributed by atoms with Gasteiger partial charge in [0.1, 0.15) is 6.23 Å². The molecular weight excluding hydrogens is 253 g/mol. The number of rotatable bonds is 2. The minimum atomic E-state index is -0.428.